The number of hydrogen-bond acceptors (Lipinski definition) is 7. The van der Waals surface area contributed by atoms with Gasteiger partial charge in [0.25, 0.3) is 5.89 Å². The third-order valence-electron chi connectivity index (χ3n) is 2.17. The SMILES string of the molecule is Cc1nc(-c2nc(C(N)CN(C)C)no2)cs1. The van der Waals surface area contributed by atoms with E-state index in [2.05, 4.69) is 15.1 Å². The summed E-state index contributed by atoms with van der Waals surface area (Å²) in [5.41, 5.74) is 6.66. The molecule has 0 aliphatic rings. The van der Waals surface area contributed by atoms with E-state index in [0.29, 0.717) is 24.0 Å². The minimum atomic E-state index is -0.248. The van der Waals surface area contributed by atoms with E-state index in [-0.39, 0.29) is 6.04 Å². The Morgan fingerprint density at radius 2 is 2.24 bits per heavy atom. The van der Waals surface area contributed by atoms with Gasteiger partial charge in [-0.25, -0.2) is 4.98 Å². The summed E-state index contributed by atoms with van der Waals surface area (Å²) < 4.78 is 5.15. The molecule has 0 saturated heterocycles. The Bertz CT molecular complexity index is 492. The maximum atomic E-state index is 5.95. The van der Waals surface area contributed by atoms with Crippen molar-refractivity contribution in [1.29, 1.82) is 0 Å². The van der Waals surface area contributed by atoms with Crippen molar-refractivity contribution < 1.29 is 4.52 Å². The lowest BCUT2D eigenvalue weighted by Gasteiger charge is -2.12. The maximum Gasteiger partial charge on any atom is 0.277 e. The molecular weight excluding hydrogens is 238 g/mol. The number of aryl methyl sites for hydroxylation is 1. The van der Waals surface area contributed by atoms with Gasteiger partial charge in [0.1, 0.15) is 5.69 Å². The number of nitrogens with zero attached hydrogens (tertiary/aromatic N) is 4. The molecule has 2 N–H and O–H groups in total. The highest BCUT2D eigenvalue weighted by Gasteiger charge is 2.17. The quantitative estimate of drug-likeness (QED) is 0.877. The van der Waals surface area contributed by atoms with Crippen molar-refractivity contribution in [2.75, 3.05) is 20.6 Å². The van der Waals surface area contributed by atoms with Gasteiger partial charge in [0, 0.05) is 11.9 Å². The Kier molecular flexibility index (Phi) is 3.51. The zero-order chi connectivity index (χ0) is 12.4. The van der Waals surface area contributed by atoms with E-state index in [4.69, 9.17) is 10.3 Å². The highest BCUT2D eigenvalue weighted by Crippen LogP contribution is 2.20. The van der Waals surface area contributed by atoms with Crippen LogP contribution in [0.5, 0.6) is 0 Å². The molecule has 0 amide bonds. The van der Waals surface area contributed by atoms with Crippen molar-refractivity contribution in [3.8, 4) is 11.6 Å². The van der Waals surface area contributed by atoms with Crippen LogP contribution in [-0.4, -0.2) is 40.7 Å². The van der Waals surface area contributed by atoms with Gasteiger partial charge in [0.15, 0.2) is 5.82 Å². The van der Waals surface area contributed by atoms with Gasteiger partial charge in [-0.3, -0.25) is 0 Å². The summed E-state index contributed by atoms with van der Waals surface area (Å²) >= 11 is 1.55. The highest BCUT2D eigenvalue weighted by atomic mass is 32.1. The number of aromatic nitrogens is 3. The molecule has 2 aromatic rings. The maximum absolute atomic E-state index is 5.95. The molecule has 17 heavy (non-hydrogen) atoms. The first-order chi connectivity index (χ1) is 8.06. The fraction of sp³-hybridized carbons (Fsp3) is 0.500. The number of rotatable bonds is 4. The average Bonchev–Trinajstić information content (AvgIpc) is 2.84. The van der Waals surface area contributed by atoms with Crippen LogP contribution in [0.2, 0.25) is 0 Å². The molecule has 0 radical (unpaired) electrons. The number of likely N-dealkylation sites (N-methyl/N-ethyl adjacent to an activating group) is 1. The minimum Gasteiger partial charge on any atom is -0.332 e. The Hall–Kier alpha value is -1.31. The van der Waals surface area contributed by atoms with Gasteiger partial charge >= 0.3 is 0 Å². The lowest BCUT2D eigenvalue weighted by molar-refractivity contribution is 0.357. The van der Waals surface area contributed by atoms with Gasteiger partial charge < -0.3 is 15.2 Å². The van der Waals surface area contributed by atoms with Crippen LogP contribution in [0.4, 0.5) is 0 Å². The van der Waals surface area contributed by atoms with Crippen molar-refractivity contribution in [3.05, 3.63) is 16.2 Å². The molecule has 2 aromatic heterocycles. The second kappa shape index (κ2) is 4.91. The third-order valence-corrected chi connectivity index (χ3v) is 2.95. The van der Waals surface area contributed by atoms with Crippen molar-refractivity contribution in [2.24, 2.45) is 5.73 Å². The second-order valence-corrected chi connectivity index (χ2v) is 5.14. The topological polar surface area (TPSA) is 81.1 Å². The summed E-state index contributed by atoms with van der Waals surface area (Å²) in [5, 5.41) is 6.74. The smallest absolute Gasteiger partial charge is 0.277 e. The molecule has 0 bridgehead atoms. The van der Waals surface area contributed by atoms with Gasteiger partial charge in [-0.2, -0.15) is 4.98 Å². The van der Waals surface area contributed by atoms with Crippen molar-refractivity contribution in [3.63, 3.8) is 0 Å². The van der Waals surface area contributed by atoms with Crippen LogP contribution in [0.3, 0.4) is 0 Å². The summed E-state index contributed by atoms with van der Waals surface area (Å²) in [6.45, 7) is 2.61. The van der Waals surface area contributed by atoms with Crippen LogP contribution in [0, 0.1) is 6.92 Å². The molecule has 0 aliphatic heterocycles. The number of hydrogen-bond donors (Lipinski definition) is 1. The largest absolute Gasteiger partial charge is 0.332 e. The molecule has 0 aromatic carbocycles. The van der Waals surface area contributed by atoms with E-state index >= 15 is 0 Å². The van der Waals surface area contributed by atoms with E-state index in [1.807, 2.05) is 31.3 Å². The first-order valence-electron chi connectivity index (χ1n) is 5.22. The van der Waals surface area contributed by atoms with E-state index < -0.39 is 0 Å². The first-order valence-corrected chi connectivity index (χ1v) is 6.10. The van der Waals surface area contributed by atoms with Gasteiger partial charge in [-0.1, -0.05) is 5.16 Å². The molecule has 2 rings (SSSR count). The molecule has 1 unspecified atom stereocenters. The van der Waals surface area contributed by atoms with Gasteiger partial charge in [-0.15, -0.1) is 11.3 Å². The summed E-state index contributed by atoms with van der Waals surface area (Å²) in [4.78, 5) is 10.5. The normalized spacial score (nSPS) is 13.2. The van der Waals surface area contributed by atoms with E-state index in [1.54, 1.807) is 11.3 Å². The zero-order valence-corrected chi connectivity index (χ0v) is 10.9. The predicted octanol–water partition coefficient (Wildman–Crippen LogP) is 1.06. The standard InChI is InChI=1S/C10H15N5OS/c1-6-12-8(5-17-6)10-13-9(14-16-10)7(11)4-15(2)3/h5,7H,4,11H2,1-3H3. The molecular formula is C10H15N5OS. The Labute approximate surface area is 103 Å². The number of thiazole rings is 1. The van der Waals surface area contributed by atoms with Crippen LogP contribution >= 0.6 is 11.3 Å². The Morgan fingerprint density at radius 3 is 2.82 bits per heavy atom. The van der Waals surface area contributed by atoms with E-state index in [1.165, 1.54) is 0 Å². The molecule has 1 atom stereocenters. The molecule has 7 heteroatoms. The molecule has 0 spiro atoms. The fourth-order valence-electron chi connectivity index (χ4n) is 1.43. The van der Waals surface area contributed by atoms with Crippen molar-refractivity contribution >= 4 is 11.3 Å². The molecule has 0 saturated carbocycles. The van der Waals surface area contributed by atoms with Gasteiger partial charge in [-0.05, 0) is 21.0 Å². The predicted molar refractivity (Wildman–Crippen MR) is 65.6 cm³/mol. The summed E-state index contributed by atoms with van der Waals surface area (Å²) in [6.07, 6.45) is 0. The lowest BCUT2D eigenvalue weighted by atomic mass is 10.3. The van der Waals surface area contributed by atoms with E-state index in [0.717, 1.165) is 5.01 Å². The molecule has 0 fully saturated rings. The first kappa shape index (κ1) is 12.2. The third kappa shape index (κ3) is 2.87. The van der Waals surface area contributed by atoms with Gasteiger partial charge in [0.05, 0.1) is 11.0 Å². The van der Waals surface area contributed by atoms with Crippen LogP contribution in [0.15, 0.2) is 9.90 Å². The minimum absolute atomic E-state index is 0.248. The van der Waals surface area contributed by atoms with Crippen LogP contribution < -0.4 is 5.73 Å². The van der Waals surface area contributed by atoms with Crippen molar-refractivity contribution in [2.45, 2.75) is 13.0 Å². The van der Waals surface area contributed by atoms with Crippen LogP contribution in [-0.2, 0) is 0 Å². The monoisotopic (exact) mass is 253 g/mol. The average molecular weight is 253 g/mol. The van der Waals surface area contributed by atoms with E-state index in [9.17, 15) is 0 Å². The molecule has 6 nitrogen and oxygen atoms in total. The summed E-state index contributed by atoms with van der Waals surface area (Å²) in [7, 11) is 3.90. The molecule has 0 aliphatic carbocycles. The fourth-order valence-corrected chi connectivity index (χ4v) is 2.01. The zero-order valence-electron chi connectivity index (χ0n) is 10.0. The highest BCUT2D eigenvalue weighted by molar-refractivity contribution is 7.09. The van der Waals surface area contributed by atoms with Crippen molar-refractivity contribution in [1.82, 2.24) is 20.0 Å². The summed E-state index contributed by atoms with van der Waals surface area (Å²) in [6, 6.07) is -0.248. The molecule has 2 heterocycles. The van der Waals surface area contributed by atoms with Crippen LogP contribution in [0.1, 0.15) is 16.9 Å². The van der Waals surface area contributed by atoms with Crippen LogP contribution in [0.25, 0.3) is 11.6 Å². The molecule has 92 valence electrons. The lowest BCUT2D eigenvalue weighted by Crippen LogP contribution is -2.26. The Balaban J connectivity index is 2.15. The Morgan fingerprint density at radius 1 is 1.47 bits per heavy atom. The number of nitrogens with two attached hydrogens (primary N) is 1. The van der Waals surface area contributed by atoms with Gasteiger partial charge in [0.2, 0.25) is 0 Å². The second-order valence-electron chi connectivity index (χ2n) is 4.08. The summed E-state index contributed by atoms with van der Waals surface area (Å²) in [5.74, 6) is 0.943.